The standard InChI is InChI=1S/C44H27N3O/c1-2-12-28(13-3-1)29-14-10-15-30(26-29)31-16-11-17-32(27-31)43-45-36-24-25-40-41(35-20-6-9-23-39(35)48-40)42(36)44(46-43)47-37-21-7-4-18-33(37)34-19-5-8-22-38(34)47/h1-27H. The zero-order valence-corrected chi connectivity index (χ0v) is 25.8. The zero-order valence-electron chi connectivity index (χ0n) is 25.8. The van der Waals surface area contributed by atoms with E-state index >= 15 is 0 Å². The fourth-order valence-corrected chi connectivity index (χ4v) is 7.21. The predicted octanol–water partition coefficient (Wildman–Crippen LogP) is 11.6. The summed E-state index contributed by atoms with van der Waals surface area (Å²) in [6, 6.07) is 57.2. The highest BCUT2D eigenvalue weighted by Gasteiger charge is 2.21. The average Bonchev–Trinajstić information content (AvgIpc) is 3.71. The second-order valence-electron chi connectivity index (χ2n) is 12.2. The number of hydrogen-bond donors (Lipinski definition) is 0. The maximum absolute atomic E-state index is 6.36. The molecule has 0 unspecified atom stereocenters. The molecule has 10 aromatic rings. The van der Waals surface area contributed by atoms with Crippen molar-refractivity contribution in [1.82, 2.24) is 14.5 Å². The summed E-state index contributed by atoms with van der Waals surface area (Å²) in [4.78, 5) is 10.7. The van der Waals surface area contributed by atoms with E-state index in [1.54, 1.807) is 0 Å². The quantitative estimate of drug-likeness (QED) is 0.198. The second kappa shape index (κ2) is 10.5. The summed E-state index contributed by atoms with van der Waals surface area (Å²) >= 11 is 0. The molecule has 0 N–H and O–H groups in total. The highest BCUT2D eigenvalue weighted by atomic mass is 16.3. The van der Waals surface area contributed by atoms with Crippen molar-refractivity contribution >= 4 is 54.6 Å². The van der Waals surface area contributed by atoms with Gasteiger partial charge in [0.1, 0.15) is 17.0 Å². The van der Waals surface area contributed by atoms with Gasteiger partial charge in [-0.1, -0.05) is 121 Å². The molecule has 0 atom stereocenters. The van der Waals surface area contributed by atoms with E-state index in [0.717, 1.165) is 66.4 Å². The van der Waals surface area contributed by atoms with Crippen molar-refractivity contribution in [3.05, 3.63) is 164 Å². The Balaban J connectivity index is 1.25. The summed E-state index contributed by atoms with van der Waals surface area (Å²) in [5.41, 5.74) is 10.3. The van der Waals surface area contributed by atoms with Crippen LogP contribution in [0.25, 0.3) is 94.1 Å². The van der Waals surface area contributed by atoms with Crippen LogP contribution in [0.1, 0.15) is 0 Å². The number of hydrogen-bond acceptors (Lipinski definition) is 3. The summed E-state index contributed by atoms with van der Waals surface area (Å²) in [7, 11) is 0. The van der Waals surface area contributed by atoms with Crippen LogP contribution in [0.5, 0.6) is 0 Å². The molecule has 0 amide bonds. The van der Waals surface area contributed by atoms with Crippen LogP contribution in [0.15, 0.2) is 168 Å². The molecule has 0 spiro atoms. The fraction of sp³-hybridized carbons (Fsp3) is 0. The number of aromatic nitrogens is 3. The van der Waals surface area contributed by atoms with Crippen LogP contribution in [-0.2, 0) is 0 Å². The number of fused-ring (bicyclic) bond motifs is 8. The van der Waals surface area contributed by atoms with Crippen molar-refractivity contribution in [2.45, 2.75) is 0 Å². The molecule has 0 radical (unpaired) electrons. The van der Waals surface area contributed by atoms with E-state index in [4.69, 9.17) is 14.4 Å². The molecule has 3 aromatic heterocycles. The minimum absolute atomic E-state index is 0.674. The summed E-state index contributed by atoms with van der Waals surface area (Å²) in [5.74, 6) is 1.51. The normalized spacial score (nSPS) is 11.8. The lowest BCUT2D eigenvalue weighted by Gasteiger charge is -2.14. The molecule has 0 aliphatic rings. The molecule has 0 aliphatic carbocycles. The van der Waals surface area contributed by atoms with Gasteiger partial charge in [-0.05, 0) is 64.7 Å². The Morgan fingerprint density at radius 2 is 0.958 bits per heavy atom. The molecular formula is C44H27N3O. The van der Waals surface area contributed by atoms with Crippen molar-refractivity contribution in [3.8, 4) is 39.5 Å². The monoisotopic (exact) mass is 613 g/mol. The first-order chi connectivity index (χ1) is 23.8. The first-order valence-corrected chi connectivity index (χ1v) is 16.2. The van der Waals surface area contributed by atoms with Gasteiger partial charge in [0.15, 0.2) is 5.82 Å². The minimum Gasteiger partial charge on any atom is -0.456 e. The summed E-state index contributed by atoms with van der Waals surface area (Å²) in [6.07, 6.45) is 0. The third-order valence-electron chi connectivity index (χ3n) is 9.40. The van der Waals surface area contributed by atoms with Gasteiger partial charge in [-0.25, -0.2) is 9.97 Å². The van der Waals surface area contributed by atoms with Gasteiger partial charge in [-0.2, -0.15) is 0 Å². The Hall–Kier alpha value is -6.52. The van der Waals surface area contributed by atoms with Crippen LogP contribution >= 0.6 is 0 Å². The van der Waals surface area contributed by atoms with Crippen LogP contribution in [-0.4, -0.2) is 14.5 Å². The van der Waals surface area contributed by atoms with Crippen LogP contribution in [0.3, 0.4) is 0 Å². The predicted molar refractivity (Wildman–Crippen MR) is 197 cm³/mol. The van der Waals surface area contributed by atoms with Crippen molar-refractivity contribution in [2.75, 3.05) is 0 Å². The third kappa shape index (κ3) is 4.10. The van der Waals surface area contributed by atoms with Gasteiger partial charge in [0.25, 0.3) is 0 Å². The molecule has 4 nitrogen and oxygen atoms in total. The zero-order chi connectivity index (χ0) is 31.6. The topological polar surface area (TPSA) is 43.9 Å². The number of rotatable bonds is 4. The van der Waals surface area contributed by atoms with Crippen molar-refractivity contribution in [1.29, 1.82) is 0 Å². The molecule has 0 saturated heterocycles. The fourth-order valence-electron chi connectivity index (χ4n) is 7.21. The SMILES string of the molecule is c1ccc(-c2cccc(-c3cccc(-c4nc(-n5c6ccccc6c6ccccc65)c5c(ccc6oc7ccccc7c65)n4)c3)c2)cc1. The van der Waals surface area contributed by atoms with Gasteiger partial charge >= 0.3 is 0 Å². The van der Waals surface area contributed by atoms with E-state index < -0.39 is 0 Å². The van der Waals surface area contributed by atoms with Gasteiger partial charge in [0.05, 0.1) is 21.9 Å². The Kier molecular flexibility index (Phi) is 5.84. The van der Waals surface area contributed by atoms with E-state index in [-0.39, 0.29) is 0 Å². The second-order valence-corrected chi connectivity index (χ2v) is 12.2. The van der Waals surface area contributed by atoms with Crippen molar-refractivity contribution in [3.63, 3.8) is 0 Å². The highest BCUT2D eigenvalue weighted by molar-refractivity contribution is 6.21. The smallest absolute Gasteiger partial charge is 0.162 e. The van der Waals surface area contributed by atoms with Gasteiger partial charge in [0.2, 0.25) is 0 Å². The largest absolute Gasteiger partial charge is 0.456 e. The number of para-hydroxylation sites is 3. The van der Waals surface area contributed by atoms with Crippen LogP contribution in [0.4, 0.5) is 0 Å². The molecule has 10 rings (SSSR count). The molecule has 3 heterocycles. The Morgan fingerprint density at radius 3 is 1.69 bits per heavy atom. The maximum Gasteiger partial charge on any atom is 0.162 e. The first-order valence-electron chi connectivity index (χ1n) is 16.2. The minimum atomic E-state index is 0.674. The Labute approximate surface area is 276 Å². The average molecular weight is 614 g/mol. The summed E-state index contributed by atoms with van der Waals surface area (Å²) in [6.45, 7) is 0. The Morgan fingerprint density at radius 1 is 0.396 bits per heavy atom. The molecule has 48 heavy (non-hydrogen) atoms. The van der Waals surface area contributed by atoms with Crippen LogP contribution in [0, 0.1) is 0 Å². The highest BCUT2D eigenvalue weighted by Crippen LogP contribution is 2.40. The molecular weight excluding hydrogens is 587 g/mol. The molecule has 4 heteroatoms. The summed E-state index contributed by atoms with van der Waals surface area (Å²) in [5, 5.41) is 5.42. The van der Waals surface area contributed by atoms with E-state index in [1.165, 1.54) is 21.9 Å². The van der Waals surface area contributed by atoms with E-state index in [2.05, 4.69) is 144 Å². The lowest BCUT2D eigenvalue weighted by Crippen LogP contribution is -2.03. The maximum atomic E-state index is 6.36. The molecule has 7 aromatic carbocycles. The Bertz CT molecular complexity index is 2790. The van der Waals surface area contributed by atoms with Crippen molar-refractivity contribution < 1.29 is 4.42 Å². The number of furan rings is 1. The van der Waals surface area contributed by atoms with E-state index in [9.17, 15) is 0 Å². The summed E-state index contributed by atoms with van der Waals surface area (Å²) < 4.78 is 8.66. The molecule has 0 aliphatic heterocycles. The van der Waals surface area contributed by atoms with Gasteiger partial charge < -0.3 is 4.42 Å². The van der Waals surface area contributed by atoms with Crippen LogP contribution < -0.4 is 0 Å². The van der Waals surface area contributed by atoms with Crippen molar-refractivity contribution in [2.24, 2.45) is 0 Å². The molecule has 0 fully saturated rings. The number of benzene rings is 7. The molecule has 224 valence electrons. The van der Waals surface area contributed by atoms with Crippen LogP contribution in [0.2, 0.25) is 0 Å². The lowest BCUT2D eigenvalue weighted by molar-refractivity contribution is 0.669. The molecule has 0 saturated carbocycles. The molecule has 0 bridgehead atoms. The number of nitrogens with zero attached hydrogens (tertiary/aromatic N) is 3. The van der Waals surface area contributed by atoms with Gasteiger partial charge in [-0.15, -0.1) is 0 Å². The van der Waals surface area contributed by atoms with E-state index in [0.29, 0.717) is 5.82 Å². The lowest BCUT2D eigenvalue weighted by atomic mass is 9.98. The van der Waals surface area contributed by atoms with E-state index in [1.807, 2.05) is 24.3 Å². The van der Waals surface area contributed by atoms with Gasteiger partial charge in [0, 0.05) is 27.1 Å². The third-order valence-corrected chi connectivity index (χ3v) is 9.40. The first kappa shape index (κ1) is 26.7. The van der Waals surface area contributed by atoms with Gasteiger partial charge in [-0.3, -0.25) is 4.57 Å².